The van der Waals surface area contributed by atoms with Crippen LogP contribution in [0.5, 0.6) is 11.6 Å². The van der Waals surface area contributed by atoms with Crippen molar-refractivity contribution in [3.63, 3.8) is 0 Å². The molecule has 0 fully saturated rings. The topological polar surface area (TPSA) is 102 Å². The number of carbonyl (C=O) groups is 1. The van der Waals surface area contributed by atoms with Crippen LogP contribution < -0.4 is 9.47 Å². The van der Waals surface area contributed by atoms with Crippen molar-refractivity contribution in [2.24, 2.45) is 0 Å². The highest BCUT2D eigenvalue weighted by Crippen LogP contribution is 2.45. The van der Waals surface area contributed by atoms with Gasteiger partial charge in [-0.1, -0.05) is 18.2 Å². The summed E-state index contributed by atoms with van der Waals surface area (Å²) in [6.45, 7) is 0.238. The molecule has 17 heteroatoms. The molecule has 5 rings (SSSR count). The van der Waals surface area contributed by atoms with Crippen molar-refractivity contribution in [1.29, 1.82) is 0 Å². The molecule has 4 radical (unpaired) electrons. The molecule has 0 spiro atoms. The third-order valence-electron chi connectivity index (χ3n) is 6.10. The molecule has 0 aliphatic heterocycles. The predicted molar refractivity (Wildman–Crippen MR) is 156 cm³/mol. The van der Waals surface area contributed by atoms with E-state index in [0.29, 0.717) is 29.8 Å². The van der Waals surface area contributed by atoms with E-state index in [1.54, 1.807) is 25.1 Å². The standard InChI is InChI=1S/C27H19B2BrF4N4O5S/c1-2-40-25(39)17(42-23-20-21(30)22(16-7-8-19(31)41-16)44-24(20)36-13-35-23)11-14-5-3-4-6-15(14)43-27(28,29)18-9-10-37-38(18)12-26(32,33)34/h3-10,13,17H,2,11-12H2,1H3. The van der Waals surface area contributed by atoms with E-state index in [9.17, 15) is 22.4 Å². The molecule has 1 unspecified atom stereocenters. The highest BCUT2D eigenvalue weighted by Gasteiger charge is 2.34. The first-order valence-electron chi connectivity index (χ1n) is 12.8. The molecule has 0 amide bonds. The summed E-state index contributed by atoms with van der Waals surface area (Å²) in [6.07, 6.45) is -3.65. The number of alkyl halides is 3. The summed E-state index contributed by atoms with van der Waals surface area (Å²) in [5, 5.41) is 1.83. The van der Waals surface area contributed by atoms with Gasteiger partial charge in [0, 0.05) is 18.7 Å². The molecule has 0 aliphatic carbocycles. The number of carbonyl (C=O) groups excluding carboxylic acids is 1. The zero-order chi connectivity index (χ0) is 31.6. The Morgan fingerprint density at radius 3 is 2.64 bits per heavy atom. The Kier molecular flexibility index (Phi) is 9.07. The Morgan fingerprint density at radius 1 is 1.16 bits per heavy atom. The highest BCUT2D eigenvalue weighted by molar-refractivity contribution is 9.10. The van der Waals surface area contributed by atoms with Gasteiger partial charge in [0.1, 0.15) is 44.9 Å². The number of halogens is 5. The fourth-order valence-electron chi connectivity index (χ4n) is 4.27. The van der Waals surface area contributed by atoms with Crippen molar-refractivity contribution in [3.05, 3.63) is 76.7 Å². The minimum Gasteiger partial charge on any atom is -0.501 e. The molecule has 224 valence electrons. The maximum absolute atomic E-state index is 13.6. The van der Waals surface area contributed by atoms with Crippen molar-refractivity contribution >= 4 is 59.1 Å². The van der Waals surface area contributed by atoms with Crippen molar-refractivity contribution in [3.8, 4) is 22.3 Å². The van der Waals surface area contributed by atoms with Crippen LogP contribution in [-0.4, -0.2) is 60.3 Å². The van der Waals surface area contributed by atoms with Gasteiger partial charge in [0.15, 0.2) is 0 Å². The first kappa shape index (κ1) is 31.6. The summed E-state index contributed by atoms with van der Waals surface area (Å²) in [5.74, 6) is -0.388. The van der Waals surface area contributed by atoms with Crippen LogP contribution in [0.2, 0.25) is 0 Å². The first-order valence-corrected chi connectivity index (χ1v) is 14.4. The van der Waals surface area contributed by atoms with Crippen LogP contribution in [0.25, 0.3) is 20.9 Å². The Hall–Kier alpha value is -3.85. The molecular formula is C27H19B2BrF4N4O5S. The number of hydrogen-bond donors (Lipinski definition) is 0. The Morgan fingerprint density at radius 2 is 1.93 bits per heavy atom. The molecule has 9 nitrogen and oxygen atoms in total. The summed E-state index contributed by atoms with van der Waals surface area (Å²) in [6, 6.07) is 9.42. The number of fused-ring (bicyclic) bond motifs is 1. The summed E-state index contributed by atoms with van der Waals surface area (Å²) in [5.41, 5.74) is 0.134. The summed E-state index contributed by atoms with van der Waals surface area (Å²) >= 11 is 4.67. The average Bonchev–Trinajstić information content (AvgIpc) is 3.68. The lowest BCUT2D eigenvalue weighted by molar-refractivity contribution is -0.151. The highest BCUT2D eigenvalue weighted by atomic mass is 79.9. The van der Waals surface area contributed by atoms with Crippen LogP contribution in [0.1, 0.15) is 18.2 Å². The molecule has 5 aromatic rings. The number of para-hydroxylation sites is 1. The molecule has 4 heterocycles. The van der Waals surface area contributed by atoms with Gasteiger partial charge in [0.2, 0.25) is 12.0 Å². The maximum Gasteiger partial charge on any atom is 0.408 e. The van der Waals surface area contributed by atoms with Gasteiger partial charge in [-0.05, 0) is 46.6 Å². The van der Waals surface area contributed by atoms with Crippen LogP contribution in [0.3, 0.4) is 0 Å². The lowest BCUT2D eigenvalue weighted by Crippen LogP contribution is -2.38. The fraction of sp³-hybridized carbons (Fsp3) is 0.259. The largest absolute Gasteiger partial charge is 0.501 e. The van der Waals surface area contributed by atoms with Crippen LogP contribution in [-0.2, 0) is 27.9 Å². The molecule has 0 saturated carbocycles. The van der Waals surface area contributed by atoms with Gasteiger partial charge in [0.05, 0.1) is 32.4 Å². The van der Waals surface area contributed by atoms with Crippen LogP contribution in [0.4, 0.5) is 17.6 Å². The van der Waals surface area contributed by atoms with Gasteiger partial charge in [-0.15, -0.1) is 11.3 Å². The van der Waals surface area contributed by atoms with Crippen molar-refractivity contribution in [1.82, 2.24) is 19.7 Å². The number of ether oxygens (including phenoxy) is 3. The molecule has 44 heavy (non-hydrogen) atoms. The monoisotopic (exact) mass is 688 g/mol. The van der Waals surface area contributed by atoms with E-state index in [1.807, 2.05) is 0 Å². The minimum absolute atomic E-state index is 0.0240. The van der Waals surface area contributed by atoms with E-state index in [4.69, 9.17) is 34.3 Å². The predicted octanol–water partition coefficient (Wildman–Crippen LogP) is 5.69. The fourth-order valence-corrected chi connectivity index (χ4v) is 6.18. The zero-order valence-corrected chi connectivity index (χ0v) is 25.1. The molecule has 0 aliphatic rings. The maximum atomic E-state index is 13.6. The molecule has 1 aromatic carbocycles. The third kappa shape index (κ3) is 6.93. The number of thiophene rings is 1. The molecule has 1 atom stereocenters. The number of furan rings is 1. The van der Waals surface area contributed by atoms with Crippen LogP contribution in [0, 0.1) is 6.01 Å². The van der Waals surface area contributed by atoms with E-state index >= 15 is 0 Å². The van der Waals surface area contributed by atoms with Crippen molar-refractivity contribution in [2.75, 3.05) is 6.61 Å². The van der Waals surface area contributed by atoms with Gasteiger partial charge >= 0.3 is 12.1 Å². The smallest absolute Gasteiger partial charge is 0.408 e. The third-order valence-corrected chi connectivity index (χ3v) is 8.27. The SMILES string of the molecule is [B]C([B])(Oc1ccccc1CC(Oc1ncnc2sc(-c3ccc(F)o3)c(Br)c12)C(=O)OCC)c1ccnn1CC(F)(F)F. The minimum atomic E-state index is -4.59. The summed E-state index contributed by atoms with van der Waals surface area (Å²) in [4.78, 5) is 22.6. The molecule has 0 N–H and O–H groups in total. The first-order chi connectivity index (χ1) is 20.9. The number of aromatic nitrogens is 4. The van der Waals surface area contributed by atoms with Gasteiger partial charge in [-0.2, -0.15) is 22.7 Å². The van der Waals surface area contributed by atoms with E-state index in [-0.39, 0.29) is 36.1 Å². The number of rotatable bonds is 11. The molecular weight excluding hydrogens is 670 g/mol. The summed E-state index contributed by atoms with van der Waals surface area (Å²) < 4.78 is 76.1. The van der Waals surface area contributed by atoms with Crippen LogP contribution in [0.15, 0.2) is 63.9 Å². The second-order valence-electron chi connectivity index (χ2n) is 9.26. The molecule has 0 saturated heterocycles. The number of hydrogen-bond acceptors (Lipinski definition) is 9. The van der Waals surface area contributed by atoms with E-state index in [2.05, 4.69) is 31.0 Å². The number of nitrogens with zero attached hydrogens (tertiary/aromatic N) is 4. The van der Waals surface area contributed by atoms with E-state index in [0.717, 1.165) is 6.20 Å². The van der Waals surface area contributed by atoms with Gasteiger partial charge < -0.3 is 18.6 Å². The van der Waals surface area contributed by atoms with Crippen molar-refractivity contribution < 1.29 is 41.0 Å². The lowest BCUT2D eigenvalue weighted by atomic mass is 9.63. The zero-order valence-electron chi connectivity index (χ0n) is 22.7. The molecule has 0 bridgehead atoms. The van der Waals surface area contributed by atoms with E-state index < -0.39 is 36.2 Å². The van der Waals surface area contributed by atoms with Gasteiger partial charge in [0.25, 0.3) is 6.01 Å². The normalized spacial score (nSPS) is 12.8. The Labute approximate surface area is 262 Å². The lowest BCUT2D eigenvalue weighted by Gasteiger charge is -2.30. The number of esters is 1. The molecule has 4 aromatic heterocycles. The Bertz CT molecular complexity index is 1800. The van der Waals surface area contributed by atoms with E-state index in [1.165, 1.54) is 41.9 Å². The van der Waals surface area contributed by atoms with Gasteiger partial charge in [-0.3, -0.25) is 4.68 Å². The van der Waals surface area contributed by atoms with Crippen molar-refractivity contribution in [2.45, 2.75) is 37.6 Å². The quantitative estimate of drug-likeness (QED) is 0.0992. The number of benzene rings is 1. The Balaban J connectivity index is 1.46. The second-order valence-corrected chi connectivity index (χ2v) is 11.1. The van der Waals surface area contributed by atoms with Gasteiger partial charge in [-0.25, -0.2) is 14.8 Å². The second kappa shape index (κ2) is 12.6. The van der Waals surface area contributed by atoms with Crippen LogP contribution >= 0.6 is 27.3 Å². The summed E-state index contributed by atoms with van der Waals surface area (Å²) in [7, 11) is 12.3. The average molecular weight is 689 g/mol.